The number of likely N-dealkylation sites (tertiary alicyclic amines) is 1. The minimum atomic E-state index is 0.371. The van der Waals surface area contributed by atoms with Crippen molar-refractivity contribution in [3.63, 3.8) is 0 Å². The van der Waals surface area contributed by atoms with E-state index < -0.39 is 0 Å². The lowest BCUT2D eigenvalue weighted by molar-refractivity contribution is 0.138. The van der Waals surface area contributed by atoms with E-state index in [1.165, 1.54) is 22.0 Å². The molecule has 1 unspecified atom stereocenters. The number of nitrogen functional groups attached to an aromatic ring is 1. The summed E-state index contributed by atoms with van der Waals surface area (Å²) in [6, 6.07) is 9.24. The number of likely N-dealkylation sites (N-methyl/N-ethyl adjacent to an activating group) is 1. The SMILES string of the molecule is CN1CC(c2ccnc(N)n2)C[C@@H]2c3cccc4[nH]cc(c34)C[C@H]21. The zero-order chi connectivity index (χ0) is 16.3. The van der Waals surface area contributed by atoms with E-state index in [0.717, 1.165) is 25.1 Å². The second-order valence-electron chi connectivity index (χ2n) is 7.17. The summed E-state index contributed by atoms with van der Waals surface area (Å²) >= 11 is 0. The number of anilines is 1. The van der Waals surface area contributed by atoms with Crippen molar-refractivity contribution in [2.45, 2.75) is 30.7 Å². The molecule has 1 aromatic carbocycles. The van der Waals surface area contributed by atoms with Gasteiger partial charge in [0.15, 0.2) is 0 Å². The van der Waals surface area contributed by atoms with Gasteiger partial charge >= 0.3 is 0 Å². The van der Waals surface area contributed by atoms with Gasteiger partial charge in [-0.15, -0.1) is 0 Å². The molecule has 2 aliphatic rings. The van der Waals surface area contributed by atoms with Crippen molar-refractivity contribution in [3.05, 3.63) is 53.5 Å². The molecule has 1 aliphatic carbocycles. The minimum Gasteiger partial charge on any atom is -0.368 e. The summed E-state index contributed by atoms with van der Waals surface area (Å²) in [5.74, 6) is 1.31. The van der Waals surface area contributed by atoms with Gasteiger partial charge in [0.05, 0.1) is 5.69 Å². The van der Waals surface area contributed by atoms with Crippen LogP contribution in [0.5, 0.6) is 0 Å². The fourth-order valence-corrected chi connectivity index (χ4v) is 4.77. The molecule has 1 saturated heterocycles. The van der Waals surface area contributed by atoms with Gasteiger partial charge in [0.1, 0.15) is 0 Å². The van der Waals surface area contributed by atoms with Gasteiger partial charge in [-0.25, -0.2) is 9.97 Å². The van der Waals surface area contributed by atoms with Crippen LogP contribution in [0.25, 0.3) is 10.9 Å². The maximum atomic E-state index is 5.80. The number of hydrogen-bond donors (Lipinski definition) is 2. The summed E-state index contributed by atoms with van der Waals surface area (Å²) in [5, 5.41) is 1.44. The Morgan fingerprint density at radius 2 is 2.21 bits per heavy atom. The molecule has 0 amide bonds. The summed E-state index contributed by atoms with van der Waals surface area (Å²) in [6.45, 7) is 1.02. The molecule has 1 fully saturated rings. The highest BCUT2D eigenvalue weighted by molar-refractivity contribution is 5.88. The van der Waals surface area contributed by atoms with Gasteiger partial charge in [0.25, 0.3) is 0 Å². The van der Waals surface area contributed by atoms with Crippen LogP contribution in [0, 0.1) is 0 Å². The van der Waals surface area contributed by atoms with E-state index in [2.05, 4.69) is 51.3 Å². The molecule has 3 N–H and O–H groups in total. The molecule has 24 heavy (non-hydrogen) atoms. The van der Waals surface area contributed by atoms with E-state index in [9.17, 15) is 0 Å². The molecular weight excluding hydrogens is 298 g/mol. The lowest BCUT2D eigenvalue weighted by Gasteiger charge is -2.45. The third-order valence-corrected chi connectivity index (χ3v) is 5.84. The third-order valence-electron chi connectivity index (χ3n) is 5.84. The van der Waals surface area contributed by atoms with Crippen molar-refractivity contribution in [2.75, 3.05) is 19.3 Å². The Balaban J connectivity index is 1.58. The van der Waals surface area contributed by atoms with Crippen LogP contribution in [0.3, 0.4) is 0 Å². The number of piperidine rings is 1. The lowest BCUT2D eigenvalue weighted by atomic mass is 9.72. The van der Waals surface area contributed by atoms with E-state index in [1.54, 1.807) is 6.20 Å². The molecule has 0 radical (unpaired) electrons. The number of benzene rings is 1. The summed E-state index contributed by atoms with van der Waals surface area (Å²) in [5.41, 5.74) is 11.1. The maximum absolute atomic E-state index is 5.80. The Morgan fingerprint density at radius 3 is 3.08 bits per heavy atom. The van der Waals surface area contributed by atoms with Crippen LogP contribution in [0.1, 0.15) is 35.1 Å². The van der Waals surface area contributed by atoms with Crippen molar-refractivity contribution in [2.24, 2.45) is 0 Å². The summed E-state index contributed by atoms with van der Waals surface area (Å²) in [6.07, 6.45) is 6.21. The average molecular weight is 319 g/mol. The zero-order valence-corrected chi connectivity index (χ0v) is 13.7. The molecule has 3 heterocycles. The molecule has 5 heteroatoms. The highest BCUT2D eigenvalue weighted by Crippen LogP contribution is 2.46. The van der Waals surface area contributed by atoms with Crippen LogP contribution in [-0.4, -0.2) is 39.5 Å². The quantitative estimate of drug-likeness (QED) is 0.723. The summed E-state index contributed by atoms with van der Waals surface area (Å²) in [4.78, 5) is 14.5. The van der Waals surface area contributed by atoms with Crippen LogP contribution in [0.2, 0.25) is 0 Å². The summed E-state index contributed by atoms with van der Waals surface area (Å²) < 4.78 is 0. The molecule has 3 aromatic rings. The average Bonchev–Trinajstić information content (AvgIpc) is 3.00. The maximum Gasteiger partial charge on any atom is 0.220 e. The molecule has 3 atom stereocenters. The second-order valence-corrected chi connectivity index (χ2v) is 7.17. The van der Waals surface area contributed by atoms with E-state index >= 15 is 0 Å². The Morgan fingerprint density at radius 1 is 1.29 bits per heavy atom. The van der Waals surface area contributed by atoms with E-state index in [1.807, 2.05) is 6.07 Å². The van der Waals surface area contributed by atoms with Gasteiger partial charge in [0.2, 0.25) is 5.95 Å². The van der Waals surface area contributed by atoms with Crippen LogP contribution >= 0.6 is 0 Å². The van der Waals surface area contributed by atoms with Crippen LogP contribution in [0.4, 0.5) is 5.95 Å². The smallest absolute Gasteiger partial charge is 0.220 e. The van der Waals surface area contributed by atoms with Crippen molar-refractivity contribution >= 4 is 16.9 Å². The highest BCUT2D eigenvalue weighted by Gasteiger charge is 2.40. The van der Waals surface area contributed by atoms with E-state index in [4.69, 9.17) is 5.73 Å². The number of rotatable bonds is 1. The molecule has 0 bridgehead atoms. The first-order valence-electron chi connectivity index (χ1n) is 8.58. The third kappa shape index (κ3) is 1.97. The number of nitrogens with one attached hydrogen (secondary N) is 1. The number of nitrogens with zero attached hydrogens (tertiary/aromatic N) is 3. The first kappa shape index (κ1) is 14.0. The van der Waals surface area contributed by atoms with Crippen LogP contribution in [-0.2, 0) is 6.42 Å². The van der Waals surface area contributed by atoms with E-state index in [0.29, 0.717) is 23.8 Å². The topological polar surface area (TPSA) is 70.8 Å². The molecule has 1 aliphatic heterocycles. The standard InChI is InChI=1S/C19H21N5/c1-24-10-12(15-5-6-21-19(20)23-15)7-14-13-3-2-4-16-18(13)11(9-22-16)8-17(14)24/h2-6,9,12,14,17,22H,7-8,10H2,1H3,(H2,20,21,23)/t12?,14-,17-/m1/s1. The van der Waals surface area contributed by atoms with Crippen molar-refractivity contribution in [1.29, 1.82) is 0 Å². The normalized spacial score (nSPS) is 26.5. The van der Waals surface area contributed by atoms with Crippen molar-refractivity contribution in [3.8, 4) is 0 Å². The fraction of sp³-hybridized carbons (Fsp3) is 0.368. The zero-order valence-electron chi connectivity index (χ0n) is 13.7. The van der Waals surface area contributed by atoms with Gasteiger partial charge < -0.3 is 15.6 Å². The second kappa shape index (κ2) is 5.05. The fourth-order valence-electron chi connectivity index (χ4n) is 4.77. The van der Waals surface area contributed by atoms with Gasteiger partial charge in [-0.2, -0.15) is 0 Å². The first-order valence-corrected chi connectivity index (χ1v) is 8.58. The number of H-pyrrole nitrogens is 1. The van der Waals surface area contributed by atoms with Gasteiger partial charge in [-0.05, 0) is 43.1 Å². The first-order chi connectivity index (χ1) is 11.7. The monoisotopic (exact) mass is 319 g/mol. The van der Waals surface area contributed by atoms with Gasteiger partial charge in [-0.1, -0.05) is 12.1 Å². The molecule has 2 aromatic heterocycles. The molecule has 5 rings (SSSR count). The van der Waals surface area contributed by atoms with Crippen LogP contribution < -0.4 is 5.73 Å². The van der Waals surface area contributed by atoms with Crippen molar-refractivity contribution in [1.82, 2.24) is 19.9 Å². The Hall–Kier alpha value is -2.40. The number of aromatic amines is 1. The number of aromatic nitrogens is 3. The van der Waals surface area contributed by atoms with Crippen molar-refractivity contribution < 1.29 is 0 Å². The number of nitrogens with two attached hydrogens (primary N) is 1. The Labute approximate surface area is 140 Å². The molecule has 5 nitrogen and oxygen atoms in total. The van der Waals surface area contributed by atoms with Crippen LogP contribution in [0.15, 0.2) is 36.7 Å². The Bertz CT molecular complexity index is 915. The minimum absolute atomic E-state index is 0.371. The highest BCUT2D eigenvalue weighted by atomic mass is 15.2. The predicted octanol–water partition coefficient (Wildman–Crippen LogP) is 2.67. The molecule has 0 saturated carbocycles. The Kier molecular flexibility index (Phi) is 2.94. The summed E-state index contributed by atoms with van der Waals surface area (Å²) in [7, 11) is 2.24. The lowest BCUT2D eigenvalue weighted by Crippen LogP contribution is -2.47. The largest absolute Gasteiger partial charge is 0.368 e. The van der Waals surface area contributed by atoms with Gasteiger partial charge in [0, 0.05) is 47.7 Å². The van der Waals surface area contributed by atoms with E-state index in [-0.39, 0.29) is 0 Å². The molecule has 0 spiro atoms. The predicted molar refractivity (Wildman–Crippen MR) is 95.0 cm³/mol. The van der Waals surface area contributed by atoms with Gasteiger partial charge in [-0.3, -0.25) is 0 Å². The number of hydrogen-bond acceptors (Lipinski definition) is 4. The molecular formula is C19H21N5. The number of fused-ring (bicyclic) bond motifs is 2. The molecule has 122 valence electrons.